The molecule has 0 fully saturated rings. The third kappa shape index (κ3) is 3.71. The molecular formula is C14H20N2O3. The first kappa shape index (κ1) is 15.0. The van der Waals surface area contributed by atoms with Crippen LogP contribution in [0.3, 0.4) is 0 Å². The van der Waals surface area contributed by atoms with E-state index in [0.29, 0.717) is 11.3 Å². The van der Waals surface area contributed by atoms with Crippen molar-refractivity contribution in [2.45, 2.75) is 33.7 Å². The maximum Gasteiger partial charge on any atom is 0.328 e. The minimum atomic E-state index is -0.686. The second-order valence-electron chi connectivity index (χ2n) is 4.47. The molecule has 104 valence electrons. The Morgan fingerprint density at radius 2 is 1.95 bits per heavy atom. The minimum absolute atomic E-state index is 0.287. The largest absolute Gasteiger partial charge is 0.464 e. The lowest BCUT2D eigenvalue weighted by Gasteiger charge is -2.14. The molecular weight excluding hydrogens is 244 g/mol. The molecule has 19 heavy (non-hydrogen) atoms. The number of aryl methyl sites for hydroxylation is 2. The maximum absolute atomic E-state index is 12.1. The van der Waals surface area contributed by atoms with Crippen molar-refractivity contribution in [2.24, 2.45) is 0 Å². The number of carbonyl (C=O) groups is 2. The van der Waals surface area contributed by atoms with Gasteiger partial charge in [-0.3, -0.25) is 4.79 Å². The number of rotatable bonds is 4. The number of esters is 1. The molecule has 3 N–H and O–H groups in total. The molecule has 5 heteroatoms. The molecule has 0 spiro atoms. The van der Waals surface area contributed by atoms with Crippen LogP contribution in [0.5, 0.6) is 0 Å². The number of benzene rings is 1. The van der Waals surface area contributed by atoms with Crippen LogP contribution < -0.4 is 11.1 Å². The molecule has 1 aromatic carbocycles. The molecule has 0 aliphatic heterocycles. The summed E-state index contributed by atoms with van der Waals surface area (Å²) in [7, 11) is 0. The first-order valence-corrected chi connectivity index (χ1v) is 6.21. The second-order valence-corrected chi connectivity index (χ2v) is 4.47. The first-order chi connectivity index (χ1) is 8.86. The number of anilines is 1. The van der Waals surface area contributed by atoms with Gasteiger partial charge in [-0.1, -0.05) is 6.07 Å². The van der Waals surface area contributed by atoms with Gasteiger partial charge in [-0.2, -0.15) is 0 Å². The summed E-state index contributed by atoms with van der Waals surface area (Å²) < 4.78 is 4.84. The average molecular weight is 264 g/mol. The molecule has 5 nitrogen and oxygen atoms in total. The van der Waals surface area contributed by atoms with Crippen LogP contribution in [0.25, 0.3) is 0 Å². The Balaban J connectivity index is 2.84. The molecule has 1 aromatic rings. The van der Waals surface area contributed by atoms with Crippen LogP contribution in [0, 0.1) is 13.8 Å². The van der Waals surface area contributed by atoms with Crippen LogP contribution in [0.4, 0.5) is 5.69 Å². The van der Waals surface area contributed by atoms with Crippen molar-refractivity contribution in [1.29, 1.82) is 0 Å². The van der Waals surface area contributed by atoms with Crippen molar-refractivity contribution in [3.05, 3.63) is 28.8 Å². The molecule has 0 saturated carbocycles. The van der Waals surface area contributed by atoms with Crippen molar-refractivity contribution in [1.82, 2.24) is 5.32 Å². The third-order valence-electron chi connectivity index (χ3n) is 2.85. The fraction of sp³-hybridized carbons (Fsp3) is 0.429. The van der Waals surface area contributed by atoms with Crippen molar-refractivity contribution in [3.8, 4) is 0 Å². The summed E-state index contributed by atoms with van der Waals surface area (Å²) in [6.45, 7) is 7.30. The lowest BCUT2D eigenvalue weighted by Crippen LogP contribution is -2.39. The molecule has 1 rings (SSSR count). The van der Waals surface area contributed by atoms with Gasteiger partial charge in [-0.05, 0) is 44.9 Å². The van der Waals surface area contributed by atoms with Crippen LogP contribution in [0.2, 0.25) is 0 Å². The van der Waals surface area contributed by atoms with E-state index < -0.39 is 12.0 Å². The van der Waals surface area contributed by atoms with Crippen LogP contribution in [0.15, 0.2) is 12.1 Å². The van der Waals surface area contributed by atoms with Crippen LogP contribution >= 0.6 is 0 Å². The maximum atomic E-state index is 12.1. The zero-order valence-electron chi connectivity index (χ0n) is 11.7. The Morgan fingerprint density at radius 1 is 1.32 bits per heavy atom. The molecule has 0 aromatic heterocycles. The van der Waals surface area contributed by atoms with E-state index in [9.17, 15) is 9.59 Å². The summed E-state index contributed by atoms with van der Waals surface area (Å²) in [5.41, 5.74) is 8.56. The predicted octanol–water partition coefficient (Wildman–Crippen LogP) is 1.57. The average Bonchev–Trinajstić information content (AvgIpc) is 2.33. The smallest absolute Gasteiger partial charge is 0.328 e. The Hall–Kier alpha value is -2.04. The fourth-order valence-corrected chi connectivity index (χ4v) is 1.71. The van der Waals surface area contributed by atoms with Crippen molar-refractivity contribution >= 4 is 17.6 Å². The van der Waals surface area contributed by atoms with E-state index in [4.69, 9.17) is 10.5 Å². The molecule has 1 unspecified atom stereocenters. The fourth-order valence-electron chi connectivity index (χ4n) is 1.71. The van der Waals surface area contributed by atoms with Gasteiger partial charge in [0.25, 0.3) is 5.91 Å². The van der Waals surface area contributed by atoms with E-state index >= 15 is 0 Å². The van der Waals surface area contributed by atoms with Crippen LogP contribution in [-0.4, -0.2) is 24.5 Å². The Morgan fingerprint density at radius 3 is 2.53 bits per heavy atom. The van der Waals surface area contributed by atoms with Crippen molar-refractivity contribution in [3.63, 3.8) is 0 Å². The molecule has 0 aliphatic rings. The SMILES string of the molecule is CCOC(=O)C(C)NC(=O)c1cc(N)c(C)cc1C. The van der Waals surface area contributed by atoms with Crippen LogP contribution in [0.1, 0.15) is 35.3 Å². The summed E-state index contributed by atoms with van der Waals surface area (Å²) in [6, 6.07) is 2.78. The number of amides is 1. The molecule has 1 amide bonds. The molecule has 0 heterocycles. The summed E-state index contributed by atoms with van der Waals surface area (Å²) in [6.07, 6.45) is 0. The van der Waals surface area contributed by atoms with Gasteiger partial charge >= 0.3 is 5.97 Å². The zero-order valence-corrected chi connectivity index (χ0v) is 11.7. The number of hydrogen-bond acceptors (Lipinski definition) is 4. The number of ether oxygens (including phenoxy) is 1. The number of nitrogens with one attached hydrogen (secondary N) is 1. The molecule has 0 radical (unpaired) electrons. The van der Waals surface area contributed by atoms with Gasteiger partial charge in [-0.15, -0.1) is 0 Å². The van der Waals surface area contributed by atoms with Gasteiger partial charge in [0.05, 0.1) is 6.61 Å². The highest BCUT2D eigenvalue weighted by molar-refractivity contribution is 5.98. The number of nitrogens with two attached hydrogens (primary N) is 1. The lowest BCUT2D eigenvalue weighted by molar-refractivity contribution is -0.144. The topological polar surface area (TPSA) is 81.4 Å². The van der Waals surface area contributed by atoms with Crippen LogP contribution in [-0.2, 0) is 9.53 Å². The summed E-state index contributed by atoms with van der Waals surface area (Å²) >= 11 is 0. The van der Waals surface area contributed by atoms with Gasteiger partial charge in [0.2, 0.25) is 0 Å². The summed E-state index contributed by atoms with van der Waals surface area (Å²) in [4.78, 5) is 23.5. The number of hydrogen-bond donors (Lipinski definition) is 2. The number of carbonyl (C=O) groups excluding carboxylic acids is 2. The monoisotopic (exact) mass is 264 g/mol. The lowest BCUT2D eigenvalue weighted by atomic mass is 10.0. The predicted molar refractivity (Wildman–Crippen MR) is 73.9 cm³/mol. The zero-order chi connectivity index (χ0) is 14.6. The minimum Gasteiger partial charge on any atom is -0.464 e. The molecule has 1 atom stereocenters. The first-order valence-electron chi connectivity index (χ1n) is 6.21. The normalized spacial score (nSPS) is 11.8. The van der Waals surface area contributed by atoms with E-state index in [2.05, 4.69) is 5.32 Å². The quantitative estimate of drug-likeness (QED) is 0.639. The van der Waals surface area contributed by atoms with Crippen molar-refractivity contribution in [2.75, 3.05) is 12.3 Å². The van der Waals surface area contributed by atoms with E-state index in [1.165, 1.54) is 0 Å². The highest BCUT2D eigenvalue weighted by Crippen LogP contribution is 2.17. The van der Waals surface area contributed by atoms with E-state index in [0.717, 1.165) is 11.1 Å². The molecule has 0 bridgehead atoms. The van der Waals surface area contributed by atoms with Gasteiger partial charge in [0.15, 0.2) is 0 Å². The van der Waals surface area contributed by atoms with Crippen molar-refractivity contribution < 1.29 is 14.3 Å². The highest BCUT2D eigenvalue weighted by atomic mass is 16.5. The van der Waals surface area contributed by atoms with Gasteiger partial charge in [-0.25, -0.2) is 4.79 Å². The van der Waals surface area contributed by atoms with Gasteiger partial charge < -0.3 is 15.8 Å². The Labute approximate surface area is 113 Å². The summed E-state index contributed by atoms with van der Waals surface area (Å²) in [5.74, 6) is -0.779. The van der Waals surface area contributed by atoms with Gasteiger partial charge in [0.1, 0.15) is 6.04 Å². The van der Waals surface area contributed by atoms with E-state index in [1.54, 1.807) is 19.9 Å². The van der Waals surface area contributed by atoms with Gasteiger partial charge in [0, 0.05) is 11.3 Å². The third-order valence-corrected chi connectivity index (χ3v) is 2.85. The second kappa shape index (κ2) is 6.22. The Kier molecular flexibility index (Phi) is 4.92. The number of nitrogen functional groups attached to an aromatic ring is 1. The Bertz CT molecular complexity index is 498. The van der Waals surface area contributed by atoms with E-state index in [1.807, 2.05) is 19.9 Å². The highest BCUT2D eigenvalue weighted by Gasteiger charge is 2.19. The molecule has 0 aliphatic carbocycles. The van der Waals surface area contributed by atoms with E-state index in [-0.39, 0.29) is 12.5 Å². The molecule has 0 saturated heterocycles. The summed E-state index contributed by atoms with van der Waals surface area (Å²) in [5, 5.41) is 2.60. The standard InChI is InChI=1S/C14H20N2O3/c1-5-19-14(18)10(4)16-13(17)11-7-12(15)9(3)6-8(11)2/h6-7,10H,5,15H2,1-4H3,(H,16,17).